The zero-order valence-electron chi connectivity index (χ0n) is 13.6. The maximum Gasteiger partial charge on any atom is 0.243 e. The average molecular weight is 359 g/mol. The smallest absolute Gasteiger partial charge is 0.243 e. The van der Waals surface area contributed by atoms with Crippen molar-refractivity contribution >= 4 is 10.0 Å². The van der Waals surface area contributed by atoms with Gasteiger partial charge in [0.05, 0.1) is 16.5 Å². The molecule has 0 atom stereocenters. The largest absolute Gasteiger partial charge is 0.296 e. The van der Waals surface area contributed by atoms with Crippen molar-refractivity contribution in [3.63, 3.8) is 0 Å². The number of hydrogen-bond acceptors (Lipinski definition) is 4. The number of nitriles is 1. The lowest BCUT2D eigenvalue weighted by molar-refractivity contribution is 0.180. The molecule has 0 N–H and O–H groups in total. The highest BCUT2D eigenvalue weighted by atomic mass is 32.2. The van der Waals surface area contributed by atoms with E-state index in [2.05, 4.69) is 0 Å². The molecule has 1 aliphatic rings. The number of piperazine rings is 1. The van der Waals surface area contributed by atoms with Crippen LogP contribution in [0.1, 0.15) is 11.1 Å². The third-order valence-electron chi connectivity index (χ3n) is 4.30. The zero-order chi connectivity index (χ0) is 17.9. The summed E-state index contributed by atoms with van der Waals surface area (Å²) in [5.74, 6) is -0.241. The molecule has 0 bridgehead atoms. The van der Waals surface area contributed by atoms with Crippen LogP contribution in [0.2, 0.25) is 0 Å². The van der Waals surface area contributed by atoms with Gasteiger partial charge in [-0.15, -0.1) is 0 Å². The third kappa shape index (κ3) is 3.87. The third-order valence-corrected chi connectivity index (χ3v) is 6.22. The zero-order valence-corrected chi connectivity index (χ0v) is 14.4. The second-order valence-corrected chi connectivity index (χ2v) is 7.85. The van der Waals surface area contributed by atoms with Crippen LogP contribution in [0, 0.1) is 17.1 Å². The van der Waals surface area contributed by atoms with Gasteiger partial charge in [-0.3, -0.25) is 4.90 Å². The summed E-state index contributed by atoms with van der Waals surface area (Å²) < 4.78 is 40.5. The number of nitrogens with zero attached hydrogens (tertiary/aromatic N) is 3. The summed E-state index contributed by atoms with van der Waals surface area (Å²) in [6, 6.07) is 14.5. The van der Waals surface area contributed by atoms with E-state index in [9.17, 15) is 12.8 Å². The van der Waals surface area contributed by atoms with Gasteiger partial charge in [-0.1, -0.05) is 18.2 Å². The predicted octanol–water partition coefficient (Wildman–Crippen LogP) is 2.20. The van der Waals surface area contributed by atoms with E-state index in [0.717, 1.165) is 0 Å². The maximum atomic E-state index is 13.7. The van der Waals surface area contributed by atoms with E-state index in [1.54, 1.807) is 18.2 Å². The number of rotatable bonds is 4. The fraction of sp³-hybridized carbons (Fsp3) is 0.278. The molecule has 7 heteroatoms. The Labute approximate surface area is 147 Å². The van der Waals surface area contributed by atoms with Crippen molar-refractivity contribution in [2.45, 2.75) is 11.4 Å². The summed E-state index contributed by atoms with van der Waals surface area (Å²) in [5, 5.41) is 8.81. The molecule has 1 saturated heterocycles. The van der Waals surface area contributed by atoms with Crippen LogP contribution in [-0.2, 0) is 16.6 Å². The molecule has 1 aliphatic heterocycles. The highest BCUT2D eigenvalue weighted by Gasteiger charge is 2.28. The monoisotopic (exact) mass is 359 g/mol. The SMILES string of the molecule is N#Cc1ccc(S(=O)(=O)N2CCN(Cc3ccccc3F)CC2)cc1. The molecule has 3 rings (SSSR count). The van der Waals surface area contributed by atoms with Gasteiger partial charge in [-0.05, 0) is 30.3 Å². The first-order valence-corrected chi connectivity index (χ1v) is 9.41. The van der Waals surface area contributed by atoms with Crippen LogP contribution >= 0.6 is 0 Å². The lowest BCUT2D eigenvalue weighted by Crippen LogP contribution is -2.48. The van der Waals surface area contributed by atoms with Crippen molar-refractivity contribution in [1.29, 1.82) is 5.26 Å². The summed E-state index contributed by atoms with van der Waals surface area (Å²) in [6.45, 7) is 2.28. The van der Waals surface area contributed by atoms with Crippen LogP contribution in [0.5, 0.6) is 0 Å². The van der Waals surface area contributed by atoms with Gasteiger partial charge in [0.2, 0.25) is 10.0 Å². The lowest BCUT2D eigenvalue weighted by atomic mass is 10.2. The van der Waals surface area contributed by atoms with Crippen molar-refractivity contribution < 1.29 is 12.8 Å². The summed E-state index contributed by atoms with van der Waals surface area (Å²) in [6.07, 6.45) is 0. The lowest BCUT2D eigenvalue weighted by Gasteiger charge is -2.34. The average Bonchev–Trinajstić information content (AvgIpc) is 2.64. The van der Waals surface area contributed by atoms with Crippen LogP contribution in [0.25, 0.3) is 0 Å². The molecule has 0 aliphatic carbocycles. The topological polar surface area (TPSA) is 64.4 Å². The molecule has 25 heavy (non-hydrogen) atoms. The number of halogens is 1. The molecule has 0 spiro atoms. The molecule has 2 aromatic carbocycles. The van der Waals surface area contributed by atoms with E-state index in [1.807, 2.05) is 11.0 Å². The molecule has 0 amide bonds. The minimum absolute atomic E-state index is 0.189. The maximum absolute atomic E-state index is 13.7. The Balaban J connectivity index is 1.65. The molecule has 0 aromatic heterocycles. The molecule has 0 radical (unpaired) electrons. The first-order valence-electron chi connectivity index (χ1n) is 7.97. The van der Waals surface area contributed by atoms with Crippen molar-refractivity contribution in [2.24, 2.45) is 0 Å². The van der Waals surface area contributed by atoms with E-state index < -0.39 is 10.0 Å². The first-order chi connectivity index (χ1) is 12.0. The van der Waals surface area contributed by atoms with Crippen LogP contribution in [0.4, 0.5) is 4.39 Å². The highest BCUT2D eigenvalue weighted by Crippen LogP contribution is 2.19. The molecule has 1 heterocycles. The second-order valence-electron chi connectivity index (χ2n) is 5.91. The van der Waals surface area contributed by atoms with Crippen LogP contribution < -0.4 is 0 Å². The quantitative estimate of drug-likeness (QED) is 0.840. The van der Waals surface area contributed by atoms with Crippen molar-refractivity contribution in [1.82, 2.24) is 9.21 Å². The van der Waals surface area contributed by atoms with Crippen LogP contribution in [0.15, 0.2) is 53.4 Å². The van der Waals surface area contributed by atoms with Gasteiger partial charge in [0.25, 0.3) is 0 Å². The van der Waals surface area contributed by atoms with Crippen LogP contribution in [0.3, 0.4) is 0 Å². The van der Waals surface area contributed by atoms with Gasteiger partial charge in [-0.25, -0.2) is 12.8 Å². The van der Waals surface area contributed by atoms with Gasteiger partial charge in [0, 0.05) is 38.3 Å². The molecule has 0 saturated carbocycles. The Morgan fingerprint density at radius 1 is 1.00 bits per heavy atom. The van der Waals surface area contributed by atoms with Gasteiger partial charge in [-0.2, -0.15) is 9.57 Å². The summed E-state index contributed by atoms with van der Waals surface area (Å²) in [7, 11) is -3.57. The summed E-state index contributed by atoms with van der Waals surface area (Å²) in [4.78, 5) is 2.23. The fourth-order valence-electron chi connectivity index (χ4n) is 2.85. The second kappa shape index (κ2) is 7.31. The van der Waals surface area contributed by atoms with Gasteiger partial charge in [0.1, 0.15) is 5.82 Å². The Morgan fingerprint density at radius 3 is 2.24 bits per heavy atom. The Kier molecular flexibility index (Phi) is 5.13. The molecule has 5 nitrogen and oxygen atoms in total. The summed E-state index contributed by atoms with van der Waals surface area (Å²) in [5.41, 5.74) is 1.04. The number of sulfonamides is 1. The van der Waals surface area contributed by atoms with Gasteiger partial charge < -0.3 is 0 Å². The molecule has 0 unspecified atom stereocenters. The minimum atomic E-state index is -3.57. The standard InChI is InChI=1S/C18H18FN3O2S/c19-18-4-2-1-3-16(18)14-21-9-11-22(12-10-21)25(23,24)17-7-5-15(13-20)6-8-17/h1-8H,9-12,14H2. The molecule has 1 fully saturated rings. The number of benzene rings is 2. The van der Waals surface area contributed by atoms with E-state index in [-0.39, 0.29) is 10.7 Å². The predicted molar refractivity (Wildman–Crippen MR) is 91.6 cm³/mol. The molecule has 2 aromatic rings. The van der Waals surface area contributed by atoms with E-state index in [4.69, 9.17) is 5.26 Å². The van der Waals surface area contributed by atoms with Crippen molar-refractivity contribution in [3.05, 3.63) is 65.5 Å². The van der Waals surface area contributed by atoms with Gasteiger partial charge >= 0.3 is 0 Å². The molecular weight excluding hydrogens is 341 g/mol. The Hall–Kier alpha value is -2.27. The molecule has 130 valence electrons. The minimum Gasteiger partial charge on any atom is -0.296 e. The van der Waals surface area contributed by atoms with Crippen molar-refractivity contribution in [3.8, 4) is 6.07 Å². The highest BCUT2D eigenvalue weighted by molar-refractivity contribution is 7.89. The van der Waals surface area contributed by atoms with E-state index >= 15 is 0 Å². The Morgan fingerprint density at radius 2 is 1.64 bits per heavy atom. The van der Waals surface area contributed by atoms with Gasteiger partial charge in [0.15, 0.2) is 0 Å². The Bertz CT molecular complexity index is 883. The van der Waals surface area contributed by atoms with E-state index in [1.165, 1.54) is 34.6 Å². The normalized spacial score (nSPS) is 16.5. The number of hydrogen-bond donors (Lipinski definition) is 0. The van der Waals surface area contributed by atoms with Crippen molar-refractivity contribution in [2.75, 3.05) is 26.2 Å². The van der Waals surface area contributed by atoms with Crippen LogP contribution in [-0.4, -0.2) is 43.8 Å². The molecular formula is C18H18FN3O2S. The first kappa shape index (κ1) is 17.5. The fourth-order valence-corrected chi connectivity index (χ4v) is 4.27. The van der Waals surface area contributed by atoms with E-state index in [0.29, 0.717) is 43.9 Å². The summed E-state index contributed by atoms with van der Waals surface area (Å²) >= 11 is 0.